The van der Waals surface area contributed by atoms with Crippen LogP contribution in [-0.4, -0.2) is 33.6 Å². The van der Waals surface area contributed by atoms with E-state index in [1.807, 2.05) is 42.5 Å². The van der Waals surface area contributed by atoms with Crippen molar-refractivity contribution in [3.05, 3.63) is 60.8 Å². The molecule has 0 aliphatic rings. The van der Waals surface area contributed by atoms with Crippen LogP contribution >= 0.6 is 0 Å². The van der Waals surface area contributed by atoms with Gasteiger partial charge in [-0.05, 0) is 44.9 Å². The van der Waals surface area contributed by atoms with Crippen molar-refractivity contribution in [1.29, 1.82) is 0 Å². The molecule has 5 heteroatoms. The number of aliphatic hydroxyl groups excluding tert-OH is 1. The number of aliphatic carboxylic acids is 1. The predicted molar refractivity (Wildman–Crippen MR) is 109 cm³/mol. The monoisotopic (exact) mass is 378 g/mol. The smallest absolute Gasteiger partial charge is 0.303 e. The summed E-state index contributed by atoms with van der Waals surface area (Å²) in [5.74, 6) is -0.820. The van der Waals surface area contributed by atoms with Crippen LogP contribution in [0.2, 0.25) is 0 Å². The number of allylic oxidation sites excluding steroid dienone is 6. The Morgan fingerprint density at radius 1 is 0.926 bits per heavy atom. The molecule has 1 unspecified atom stereocenters. The Morgan fingerprint density at radius 2 is 1.67 bits per heavy atom. The van der Waals surface area contributed by atoms with Crippen LogP contribution in [0.15, 0.2) is 60.8 Å². The highest BCUT2D eigenvalue weighted by molar-refractivity contribution is 5.66. The number of hydrogen-bond donors (Lipinski definition) is 3. The maximum Gasteiger partial charge on any atom is 0.303 e. The quantitative estimate of drug-likeness (QED) is 0.113. The molecule has 0 bridgehead atoms. The summed E-state index contributed by atoms with van der Waals surface area (Å²) in [6.45, 7) is 2.07. The summed E-state index contributed by atoms with van der Waals surface area (Å²) in [7, 11) is 0. The van der Waals surface area contributed by atoms with Crippen LogP contribution < -0.4 is 0 Å². The Balaban J connectivity index is 3.84. The van der Waals surface area contributed by atoms with Crippen LogP contribution in [0, 0.1) is 0 Å². The van der Waals surface area contributed by atoms with Gasteiger partial charge in [0, 0.05) is 6.42 Å². The average molecular weight is 379 g/mol. The molecule has 0 radical (unpaired) electrons. The van der Waals surface area contributed by atoms with Gasteiger partial charge in [-0.2, -0.15) is 0 Å². The summed E-state index contributed by atoms with van der Waals surface area (Å²) >= 11 is 0. The molecular formula is C22H34O5. The summed E-state index contributed by atoms with van der Waals surface area (Å²) in [6.07, 6.45) is 23.7. The molecule has 2 atom stereocenters. The van der Waals surface area contributed by atoms with E-state index >= 15 is 0 Å². The molecule has 0 heterocycles. The second-order valence-corrected chi connectivity index (χ2v) is 6.14. The normalized spacial score (nSPS) is 15.1. The van der Waals surface area contributed by atoms with Crippen molar-refractivity contribution >= 4 is 5.97 Å². The SMILES string of the molecule is CC/C=C\C[C@H](O)/C=C/C=C\CCC/C=C/C(C/C=C\CCC(=O)O)OO. The summed E-state index contributed by atoms with van der Waals surface area (Å²) in [5.41, 5.74) is 0. The first kappa shape index (κ1) is 25.1. The summed E-state index contributed by atoms with van der Waals surface area (Å²) in [4.78, 5) is 14.8. The molecule has 0 saturated heterocycles. The van der Waals surface area contributed by atoms with E-state index in [2.05, 4.69) is 17.9 Å². The van der Waals surface area contributed by atoms with E-state index in [1.54, 1.807) is 12.2 Å². The van der Waals surface area contributed by atoms with Gasteiger partial charge in [0.1, 0.15) is 6.10 Å². The van der Waals surface area contributed by atoms with Crippen molar-refractivity contribution < 1.29 is 25.2 Å². The van der Waals surface area contributed by atoms with Crippen molar-refractivity contribution in [1.82, 2.24) is 0 Å². The lowest BCUT2D eigenvalue weighted by Crippen LogP contribution is -2.05. The van der Waals surface area contributed by atoms with Gasteiger partial charge in [0.15, 0.2) is 0 Å². The van der Waals surface area contributed by atoms with Gasteiger partial charge in [-0.3, -0.25) is 10.1 Å². The Hall–Kier alpha value is -1.95. The molecule has 0 spiro atoms. The highest BCUT2D eigenvalue weighted by atomic mass is 17.1. The largest absolute Gasteiger partial charge is 0.481 e. The van der Waals surface area contributed by atoms with Gasteiger partial charge in [0.05, 0.1) is 6.10 Å². The van der Waals surface area contributed by atoms with Crippen molar-refractivity contribution in [2.24, 2.45) is 0 Å². The van der Waals surface area contributed by atoms with Crippen molar-refractivity contribution in [2.75, 3.05) is 0 Å². The molecule has 0 aliphatic carbocycles. The number of aliphatic hydroxyl groups is 1. The molecule has 0 aromatic carbocycles. The van der Waals surface area contributed by atoms with Crippen LogP contribution in [0.25, 0.3) is 0 Å². The first-order valence-electron chi connectivity index (χ1n) is 9.60. The van der Waals surface area contributed by atoms with E-state index in [4.69, 9.17) is 10.4 Å². The van der Waals surface area contributed by atoms with Crippen molar-refractivity contribution in [3.8, 4) is 0 Å². The topological polar surface area (TPSA) is 87.0 Å². The zero-order valence-corrected chi connectivity index (χ0v) is 16.2. The first-order valence-corrected chi connectivity index (χ1v) is 9.60. The molecule has 3 N–H and O–H groups in total. The van der Waals surface area contributed by atoms with Crippen LogP contribution in [0.1, 0.15) is 58.3 Å². The van der Waals surface area contributed by atoms with Crippen molar-refractivity contribution in [3.63, 3.8) is 0 Å². The van der Waals surface area contributed by atoms with Crippen LogP contribution in [0.3, 0.4) is 0 Å². The minimum atomic E-state index is -0.820. The molecule has 0 aromatic heterocycles. The zero-order valence-electron chi connectivity index (χ0n) is 16.2. The Kier molecular flexibility index (Phi) is 17.5. The summed E-state index contributed by atoms with van der Waals surface area (Å²) < 4.78 is 0. The third kappa shape index (κ3) is 18.6. The van der Waals surface area contributed by atoms with Crippen LogP contribution in [0.4, 0.5) is 0 Å². The van der Waals surface area contributed by atoms with Gasteiger partial charge in [-0.1, -0.05) is 67.7 Å². The van der Waals surface area contributed by atoms with Gasteiger partial charge >= 0.3 is 5.97 Å². The van der Waals surface area contributed by atoms with E-state index in [-0.39, 0.29) is 6.42 Å². The molecular weight excluding hydrogens is 344 g/mol. The number of carboxylic acids is 1. The zero-order chi connectivity index (χ0) is 20.2. The van der Waals surface area contributed by atoms with E-state index in [9.17, 15) is 9.90 Å². The number of carboxylic acid groups (broad SMARTS) is 1. The molecule has 0 amide bonds. The van der Waals surface area contributed by atoms with Crippen LogP contribution in [-0.2, 0) is 9.68 Å². The fourth-order valence-corrected chi connectivity index (χ4v) is 2.16. The predicted octanol–water partition coefficient (Wildman–Crippen LogP) is 5.21. The Bertz CT molecular complexity index is 503. The molecule has 27 heavy (non-hydrogen) atoms. The number of hydrogen-bond acceptors (Lipinski definition) is 4. The standard InChI is InChI=1S/C22H34O5/c1-2-3-10-15-20(23)16-11-7-5-4-6-8-12-17-21(27-26)18-13-9-14-19-22(24)25/h3,5,7,9-13,16-17,20-21,23,26H,2,4,6,8,14-15,18-19H2,1H3,(H,24,25)/b7-5-,10-3-,13-9-,16-11+,17-12+/t20-,21?/m0/s1. The second-order valence-electron chi connectivity index (χ2n) is 6.14. The third-order valence-electron chi connectivity index (χ3n) is 3.65. The van der Waals surface area contributed by atoms with E-state index in [1.165, 1.54) is 0 Å². The van der Waals surface area contributed by atoms with Gasteiger partial charge < -0.3 is 10.2 Å². The molecule has 152 valence electrons. The van der Waals surface area contributed by atoms with Gasteiger partial charge in [-0.15, -0.1) is 0 Å². The van der Waals surface area contributed by atoms with E-state index < -0.39 is 18.2 Å². The molecule has 0 rings (SSSR count). The lowest BCUT2D eigenvalue weighted by Gasteiger charge is -2.04. The molecule has 0 fully saturated rings. The Labute approximate surface area is 163 Å². The van der Waals surface area contributed by atoms with Crippen molar-refractivity contribution in [2.45, 2.75) is 70.5 Å². The summed E-state index contributed by atoms with van der Waals surface area (Å²) in [5, 5.41) is 27.1. The second kappa shape index (κ2) is 18.8. The maximum atomic E-state index is 10.4. The number of unbranched alkanes of at least 4 members (excludes halogenated alkanes) is 2. The number of rotatable bonds is 16. The minimum Gasteiger partial charge on any atom is -0.481 e. The van der Waals surface area contributed by atoms with Gasteiger partial charge in [0.25, 0.3) is 0 Å². The van der Waals surface area contributed by atoms with E-state index in [0.29, 0.717) is 19.3 Å². The molecule has 5 nitrogen and oxygen atoms in total. The highest BCUT2D eigenvalue weighted by Gasteiger charge is 2.01. The van der Waals surface area contributed by atoms with E-state index in [0.717, 1.165) is 25.7 Å². The van der Waals surface area contributed by atoms with Gasteiger partial charge in [0.2, 0.25) is 0 Å². The third-order valence-corrected chi connectivity index (χ3v) is 3.65. The summed E-state index contributed by atoms with van der Waals surface area (Å²) in [6, 6.07) is 0. The molecule has 0 aliphatic heterocycles. The van der Waals surface area contributed by atoms with Crippen LogP contribution in [0.5, 0.6) is 0 Å². The number of carbonyl (C=O) groups is 1. The fraction of sp³-hybridized carbons (Fsp3) is 0.500. The molecule has 0 aromatic rings. The van der Waals surface area contributed by atoms with Gasteiger partial charge in [-0.25, -0.2) is 4.89 Å². The maximum absolute atomic E-state index is 10.4. The minimum absolute atomic E-state index is 0.106. The highest BCUT2D eigenvalue weighted by Crippen LogP contribution is 2.05. The average Bonchev–Trinajstić information content (AvgIpc) is 2.64. The first-order chi connectivity index (χ1) is 13.1. The lowest BCUT2D eigenvalue weighted by molar-refractivity contribution is -0.264. The Morgan fingerprint density at radius 3 is 2.37 bits per heavy atom. The molecule has 0 saturated carbocycles. The lowest BCUT2D eigenvalue weighted by atomic mass is 10.1. The fourth-order valence-electron chi connectivity index (χ4n) is 2.16.